The number of phenolic OH excluding ortho intramolecular Hbond substituents is 1. The minimum Gasteiger partial charge on any atom is -0.508 e. The van der Waals surface area contributed by atoms with Crippen molar-refractivity contribution >= 4 is 5.91 Å². The number of piperazine rings is 1. The van der Waals surface area contributed by atoms with Crippen LogP contribution in [-0.2, 0) is 16.1 Å². The van der Waals surface area contributed by atoms with Gasteiger partial charge in [0.15, 0.2) is 0 Å². The fourth-order valence-electron chi connectivity index (χ4n) is 3.96. The summed E-state index contributed by atoms with van der Waals surface area (Å²) < 4.78 is 5.40. The Morgan fingerprint density at radius 1 is 1.24 bits per heavy atom. The minimum absolute atomic E-state index is 0.257. The number of amides is 1. The van der Waals surface area contributed by atoms with E-state index in [1.165, 1.54) is 0 Å². The third-order valence-electron chi connectivity index (χ3n) is 5.41. The van der Waals surface area contributed by atoms with Gasteiger partial charge in [-0.15, -0.1) is 0 Å². The number of nitrogens with zero attached hydrogens (tertiary/aromatic N) is 2. The highest BCUT2D eigenvalue weighted by molar-refractivity contribution is 5.83. The van der Waals surface area contributed by atoms with Crippen molar-refractivity contribution in [3.63, 3.8) is 0 Å². The van der Waals surface area contributed by atoms with Gasteiger partial charge in [0.2, 0.25) is 5.91 Å². The molecule has 2 N–H and O–H groups in total. The van der Waals surface area contributed by atoms with E-state index in [2.05, 4.69) is 10.2 Å². The number of phenols is 1. The molecule has 2 aliphatic heterocycles. The Morgan fingerprint density at radius 2 is 1.96 bits per heavy atom. The fourth-order valence-corrected chi connectivity index (χ4v) is 3.96. The van der Waals surface area contributed by atoms with Crippen LogP contribution in [0.1, 0.15) is 18.4 Å². The maximum atomic E-state index is 13.1. The van der Waals surface area contributed by atoms with E-state index >= 15 is 0 Å². The summed E-state index contributed by atoms with van der Waals surface area (Å²) in [5.74, 6) is 0.562. The molecule has 0 aliphatic carbocycles. The summed E-state index contributed by atoms with van der Waals surface area (Å²) in [6.07, 6.45) is 1.70. The molecule has 2 fully saturated rings. The van der Waals surface area contributed by atoms with Crippen LogP contribution in [0.3, 0.4) is 0 Å². The molecular weight excluding hydrogens is 318 g/mol. The number of hydrogen-bond acceptors (Lipinski definition) is 5. The van der Waals surface area contributed by atoms with Crippen molar-refractivity contribution < 1.29 is 14.6 Å². The third-order valence-corrected chi connectivity index (χ3v) is 5.41. The number of carbonyl (C=O) groups excluding carboxylic acids is 1. The Balaban J connectivity index is 1.56. The van der Waals surface area contributed by atoms with Gasteiger partial charge in [0.1, 0.15) is 5.75 Å². The first-order valence-corrected chi connectivity index (χ1v) is 9.12. The number of aromatic hydroxyl groups is 1. The van der Waals surface area contributed by atoms with E-state index in [1.807, 2.05) is 17.0 Å². The number of rotatable bonds is 5. The summed E-state index contributed by atoms with van der Waals surface area (Å²) in [7, 11) is 1.68. The second-order valence-electron chi connectivity index (χ2n) is 7.20. The van der Waals surface area contributed by atoms with Crippen LogP contribution in [0.15, 0.2) is 24.3 Å². The number of hydrogen-bond donors (Lipinski definition) is 2. The van der Waals surface area contributed by atoms with E-state index in [1.54, 1.807) is 19.2 Å². The molecule has 2 heterocycles. The van der Waals surface area contributed by atoms with E-state index in [0.29, 0.717) is 12.4 Å². The first kappa shape index (κ1) is 18.2. The van der Waals surface area contributed by atoms with Crippen molar-refractivity contribution in [1.82, 2.24) is 15.1 Å². The molecule has 1 amide bonds. The summed E-state index contributed by atoms with van der Waals surface area (Å²) in [6.45, 7) is 6.33. The van der Waals surface area contributed by atoms with Crippen molar-refractivity contribution in [3.05, 3.63) is 29.8 Å². The predicted octanol–water partition coefficient (Wildman–Crippen LogP) is 1.05. The molecule has 1 aromatic carbocycles. The Labute approximate surface area is 149 Å². The van der Waals surface area contributed by atoms with Crippen LogP contribution in [0.5, 0.6) is 5.75 Å². The molecule has 138 valence electrons. The highest BCUT2D eigenvalue weighted by Crippen LogP contribution is 2.32. The van der Waals surface area contributed by atoms with Gasteiger partial charge in [-0.1, -0.05) is 12.1 Å². The molecule has 2 aliphatic rings. The summed E-state index contributed by atoms with van der Waals surface area (Å²) in [5, 5.41) is 12.9. The molecule has 6 heteroatoms. The first-order valence-electron chi connectivity index (χ1n) is 9.12. The van der Waals surface area contributed by atoms with Crippen molar-refractivity contribution in [2.45, 2.75) is 19.4 Å². The van der Waals surface area contributed by atoms with Crippen molar-refractivity contribution in [1.29, 1.82) is 0 Å². The average Bonchev–Trinajstić information content (AvgIpc) is 2.63. The molecule has 3 rings (SSSR count). The lowest BCUT2D eigenvalue weighted by atomic mass is 9.78. The Morgan fingerprint density at radius 3 is 2.60 bits per heavy atom. The molecule has 0 saturated carbocycles. The maximum Gasteiger partial charge on any atom is 0.231 e. The molecule has 0 atom stereocenters. The molecule has 0 bridgehead atoms. The molecule has 0 radical (unpaired) electrons. The van der Waals surface area contributed by atoms with E-state index in [4.69, 9.17) is 4.74 Å². The molecule has 0 spiro atoms. The van der Waals surface area contributed by atoms with Gasteiger partial charge in [0.05, 0.1) is 12.0 Å². The van der Waals surface area contributed by atoms with Crippen molar-refractivity contribution in [3.8, 4) is 5.75 Å². The van der Waals surface area contributed by atoms with Gasteiger partial charge in [-0.05, 0) is 43.6 Å². The monoisotopic (exact) mass is 347 g/mol. The smallest absolute Gasteiger partial charge is 0.231 e. The number of benzene rings is 1. The van der Waals surface area contributed by atoms with Gasteiger partial charge >= 0.3 is 0 Å². The Hall–Kier alpha value is -1.63. The lowest BCUT2D eigenvalue weighted by Gasteiger charge is -2.42. The third kappa shape index (κ3) is 4.32. The molecule has 1 aromatic rings. The first-order chi connectivity index (χ1) is 12.1. The van der Waals surface area contributed by atoms with Crippen LogP contribution in [0.25, 0.3) is 0 Å². The van der Waals surface area contributed by atoms with Crippen LogP contribution >= 0.6 is 0 Å². The van der Waals surface area contributed by atoms with Gasteiger partial charge in [-0.25, -0.2) is 0 Å². The van der Waals surface area contributed by atoms with E-state index in [0.717, 1.165) is 64.2 Å². The van der Waals surface area contributed by atoms with E-state index in [9.17, 15) is 9.90 Å². The van der Waals surface area contributed by atoms with Gasteiger partial charge in [0.25, 0.3) is 0 Å². The quantitative estimate of drug-likeness (QED) is 0.834. The zero-order valence-electron chi connectivity index (χ0n) is 15.0. The number of methoxy groups -OCH3 is 1. The van der Waals surface area contributed by atoms with Crippen LogP contribution in [0, 0.1) is 5.41 Å². The highest BCUT2D eigenvalue weighted by atomic mass is 16.5. The lowest BCUT2D eigenvalue weighted by Crippen LogP contribution is -2.56. The standard InChI is InChI=1S/C19H29N3O3/c1-25-15-19(5-7-20-8-6-19)18(24)22-11-9-21(10-12-22)14-16-3-2-4-17(23)13-16/h2-4,13,20,23H,5-12,14-15H2,1H3. The average molecular weight is 347 g/mol. The molecular formula is C19H29N3O3. The number of nitrogens with one attached hydrogen (secondary N) is 1. The molecule has 6 nitrogen and oxygen atoms in total. The normalized spacial score (nSPS) is 21.2. The number of ether oxygens (including phenoxy) is 1. The Bertz CT molecular complexity index is 574. The topological polar surface area (TPSA) is 65.0 Å². The maximum absolute atomic E-state index is 13.1. The summed E-state index contributed by atoms with van der Waals surface area (Å²) in [6, 6.07) is 7.39. The largest absolute Gasteiger partial charge is 0.508 e. The van der Waals surface area contributed by atoms with E-state index in [-0.39, 0.29) is 11.3 Å². The zero-order chi connectivity index (χ0) is 17.7. The van der Waals surface area contributed by atoms with Crippen LogP contribution < -0.4 is 5.32 Å². The second kappa shape index (κ2) is 8.17. The Kier molecular flexibility index (Phi) is 5.93. The zero-order valence-corrected chi connectivity index (χ0v) is 15.0. The van der Waals surface area contributed by atoms with Crippen LogP contribution in [0.4, 0.5) is 0 Å². The van der Waals surface area contributed by atoms with Gasteiger partial charge in [-0.3, -0.25) is 9.69 Å². The summed E-state index contributed by atoms with van der Waals surface area (Å²) >= 11 is 0. The number of carbonyl (C=O) groups is 1. The number of piperidine rings is 1. The predicted molar refractivity (Wildman–Crippen MR) is 96.4 cm³/mol. The van der Waals surface area contributed by atoms with Crippen molar-refractivity contribution in [2.24, 2.45) is 5.41 Å². The summed E-state index contributed by atoms with van der Waals surface area (Å²) in [4.78, 5) is 17.5. The second-order valence-corrected chi connectivity index (χ2v) is 7.20. The fraction of sp³-hybridized carbons (Fsp3) is 0.632. The van der Waals surface area contributed by atoms with Crippen LogP contribution in [-0.4, -0.2) is 73.8 Å². The highest BCUT2D eigenvalue weighted by Gasteiger charge is 2.42. The molecule has 0 aromatic heterocycles. The van der Waals surface area contributed by atoms with E-state index < -0.39 is 0 Å². The van der Waals surface area contributed by atoms with Crippen molar-refractivity contribution in [2.75, 3.05) is 53.0 Å². The molecule has 25 heavy (non-hydrogen) atoms. The van der Waals surface area contributed by atoms with Crippen LogP contribution in [0.2, 0.25) is 0 Å². The van der Waals surface area contributed by atoms with Gasteiger partial charge in [-0.2, -0.15) is 0 Å². The molecule has 0 unspecified atom stereocenters. The van der Waals surface area contributed by atoms with Gasteiger partial charge in [0, 0.05) is 39.8 Å². The molecule has 2 saturated heterocycles. The van der Waals surface area contributed by atoms with Gasteiger partial charge < -0.3 is 20.1 Å². The summed E-state index contributed by atoms with van der Waals surface area (Å²) in [5.41, 5.74) is 0.752. The SMILES string of the molecule is COCC1(C(=O)N2CCN(Cc3cccc(O)c3)CC2)CCNCC1. The minimum atomic E-state index is -0.354. The lowest BCUT2D eigenvalue weighted by molar-refractivity contribution is -0.149.